The molecule has 1 aromatic carbocycles. The highest BCUT2D eigenvalue weighted by molar-refractivity contribution is 5.85. The highest BCUT2D eigenvalue weighted by Gasteiger charge is 2.74. The van der Waals surface area contributed by atoms with Crippen molar-refractivity contribution in [2.75, 3.05) is 7.11 Å². The number of carbonyl (C=O) groups excluding carboxylic acids is 1. The Morgan fingerprint density at radius 3 is 2.89 bits per heavy atom. The number of benzene rings is 1. The van der Waals surface area contributed by atoms with Crippen molar-refractivity contribution in [1.82, 2.24) is 0 Å². The van der Waals surface area contributed by atoms with Crippen LogP contribution in [0.25, 0.3) is 0 Å². The minimum absolute atomic E-state index is 0.271. The third kappa shape index (κ3) is 1.25. The van der Waals surface area contributed by atoms with Crippen LogP contribution >= 0.6 is 0 Å². The topological polar surface area (TPSA) is 38.8 Å². The summed E-state index contributed by atoms with van der Waals surface area (Å²) in [6.07, 6.45) is 1.93. The highest BCUT2D eigenvalue weighted by Crippen LogP contribution is 2.63. The lowest BCUT2D eigenvalue weighted by Crippen LogP contribution is -2.34. The molecule has 0 bridgehead atoms. The second-order valence-corrected chi connectivity index (χ2v) is 5.48. The molecule has 0 aromatic heterocycles. The van der Waals surface area contributed by atoms with Crippen LogP contribution in [-0.4, -0.2) is 18.7 Å². The molecule has 3 unspecified atom stereocenters. The second-order valence-electron chi connectivity index (χ2n) is 5.48. The number of ether oxygens (including phenoxy) is 2. The van der Waals surface area contributed by atoms with Crippen LogP contribution in [0.2, 0.25) is 0 Å². The van der Waals surface area contributed by atoms with E-state index in [-0.39, 0.29) is 5.97 Å². The van der Waals surface area contributed by atoms with E-state index in [2.05, 4.69) is 19.1 Å². The molecule has 3 heteroatoms. The third-order valence-corrected chi connectivity index (χ3v) is 4.54. The first-order valence-corrected chi connectivity index (χ1v) is 6.43. The lowest BCUT2D eigenvalue weighted by molar-refractivity contribution is -0.146. The van der Waals surface area contributed by atoms with Gasteiger partial charge in [0, 0.05) is 0 Å². The Hall–Kier alpha value is -1.35. The maximum atomic E-state index is 11.9. The normalized spacial score (nSPS) is 37.2. The molecule has 0 amide bonds. The van der Waals surface area contributed by atoms with Crippen molar-refractivity contribution in [3.63, 3.8) is 0 Å². The van der Waals surface area contributed by atoms with Crippen molar-refractivity contribution in [2.24, 2.45) is 0 Å². The molecule has 3 atom stereocenters. The van der Waals surface area contributed by atoms with Crippen molar-refractivity contribution >= 4 is 5.97 Å². The predicted molar refractivity (Wildman–Crippen MR) is 67.3 cm³/mol. The smallest absolute Gasteiger partial charge is 0.341 e. The van der Waals surface area contributed by atoms with Gasteiger partial charge >= 0.3 is 5.97 Å². The van der Waals surface area contributed by atoms with Gasteiger partial charge in [-0.3, -0.25) is 0 Å². The van der Waals surface area contributed by atoms with Crippen LogP contribution in [-0.2, 0) is 19.9 Å². The van der Waals surface area contributed by atoms with E-state index >= 15 is 0 Å². The summed E-state index contributed by atoms with van der Waals surface area (Å²) in [7, 11) is 1.42. The Labute approximate surface area is 107 Å². The second kappa shape index (κ2) is 3.58. The van der Waals surface area contributed by atoms with E-state index in [1.807, 2.05) is 19.1 Å². The van der Waals surface area contributed by atoms with Gasteiger partial charge in [0.2, 0.25) is 0 Å². The van der Waals surface area contributed by atoms with E-state index in [1.54, 1.807) is 0 Å². The Bertz CT molecular complexity index is 510. The van der Waals surface area contributed by atoms with Crippen molar-refractivity contribution in [2.45, 2.75) is 43.8 Å². The molecule has 0 radical (unpaired) electrons. The summed E-state index contributed by atoms with van der Waals surface area (Å²) in [5.41, 5.74) is 1.20. The van der Waals surface area contributed by atoms with E-state index in [1.165, 1.54) is 12.7 Å². The fourth-order valence-electron chi connectivity index (χ4n) is 3.33. The Morgan fingerprint density at radius 1 is 1.44 bits per heavy atom. The van der Waals surface area contributed by atoms with Gasteiger partial charge in [-0.2, -0.15) is 0 Å². The van der Waals surface area contributed by atoms with Crippen molar-refractivity contribution in [3.8, 4) is 0 Å². The fraction of sp³-hybridized carbons (Fsp3) is 0.533. The standard InChI is InChI=1S/C15H18O3/c1-10-8-9-15(12-7-5-4-6-11(10)12)14(2,18-15)13(16)17-3/h4-7,10H,8-9H2,1-3H3. The Morgan fingerprint density at radius 2 is 2.17 bits per heavy atom. The SMILES string of the molecule is COC(=O)C1(C)OC12CCC(C)c1ccccc12. The van der Waals surface area contributed by atoms with Crippen molar-refractivity contribution in [1.29, 1.82) is 0 Å². The fourth-order valence-corrected chi connectivity index (χ4v) is 3.33. The molecule has 1 aromatic rings. The van der Waals surface area contributed by atoms with E-state index in [4.69, 9.17) is 9.47 Å². The van der Waals surface area contributed by atoms with Crippen LogP contribution in [0.15, 0.2) is 24.3 Å². The summed E-state index contributed by atoms with van der Waals surface area (Å²) in [4.78, 5) is 11.9. The molecule has 1 heterocycles. The molecule has 0 N–H and O–H groups in total. The zero-order valence-electron chi connectivity index (χ0n) is 11.0. The Balaban J connectivity index is 2.08. The summed E-state index contributed by atoms with van der Waals surface area (Å²) < 4.78 is 10.8. The van der Waals surface area contributed by atoms with Crippen LogP contribution in [0.5, 0.6) is 0 Å². The highest BCUT2D eigenvalue weighted by atomic mass is 16.7. The van der Waals surface area contributed by atoms with Gasteiger partial charge in [-0.05, 0) is 36.8 Å². The van der Waals surface area contributed by atoms with Crippen LogP contribution in [0.3, 0.4) is 0 Å². The van der Waals surface area contributed by atoms with Gasteiger partial charge in [0.1, 0.15) is 5.60 Å². The molecule has 96 valence electrons. The van der Waals surface area contributed by atoms with Crippen molar-refractivity contribution < 1.29 is 14.3 Å². The average molecular weight is 246 g/mol. The number of hydrogen-bond acceptors (Lipinski definition) is 3. The number of rotatable bonds is 1. The van der Waals surface area contributed by atoms with Crippen LogP contribution < -0.4 is 0 Å². The molecule has 1 saturated heterocycles. The molecule has 1 fully saturated rings. The van der Waals surface area contributed by atoms with Gasteiger partial charge in [0.15, 0.2) is 5.60 Å². The minimum atomic E-state index is -0.808. The average Bonchev–Trinajstić information content (AvgIpc) is 3.01. The van der Waals surface area contributed by atoms with Gasteiger partial charge in [-0.25, -0.2) is 4.79 Å². The number of carbonyl (C=O) groups is 1. The third-order valence-electron chi connectivity index (χ3n) is 4.54. The zero-order valence-corrected chi connectivity index (χ0v) is 11.0. The molecular weight excluding hydrogens is 228 g/mol. The number of methoxy groups -OCH3 is 1. The molecular formula is C15H18O3. The number of esters is 1. The van der Waals surface area contributed by atoms with E-state index in [9.17, 15) is 4.79 Å². The number of epoxide rings is 1. The molecule has 18 heavy (non-hydrogen) atoms. The lowest BCUT2D eigenvalue weighted by Gasteiger charge is -2.29. The number of hydrogen-bond donors (Lipinski definition) is 0. The maximum absolute atomic E-state index is 11.9. The molecule has 2 aliphatic rings. The first kappa shape index (κ1) is 11.7. The van der Waals surface area contributed by atoms with E-state index < -0.39 is 11.2 Å². The van der Waals surface area contributed by atoms with Crippen LogP contribution in [0.4, 0.5) is 0 Å². The van der Waals surface area contributed by atoms with Crippen LogP contribution in [0, 0.1) is 0 Å². The van der Waals surface area contributed by atoms with Gasteiger partial charge in [-0.1, -0.05) is 31.2 Å². The number of fused-ring (bicyclic) bond motifs is 2. The molecule has 3 rings (SSSR count). The Kier molecular flexibility index (Phi) is 2.33. The van der Waals surface area contributed by atoms with Crippen molar-refractivity contribution in [3.05, 3.63) is 35.4 Å². The predicted octanol–water partition coefficient (Wildman–Crippen LogP) is 2.74. The van der Waals surface area contributed by atoms with Gasteiger partial charge in [-0.15, -0.1) is 0 Å². The summed E-state index contributed by atoms with van der Waals surface area (Å²) in [5, 5.41) is 0. The summed E-state index contributed by atoms with van der Waals surface area (Å²) in [6, 6.07) is 8.28. The van der Waals surface area contributed by atoms with E-state index in [0.29, 0.717) is 5.92 Å². The van der Waals surface area contributed by atoms with Gasteiger partial charge in [0.05, 0.1) is 7.11 Å². The van der Waals surface area contributed by atoms with Gasteiger partial charge < -0.3 is 9.47 Å². The molecule has 3 nitrogen and oxygen atoms in total. The molecule has 1 aliphatic heterocycles. The minimum Gasteiger partial charge on any atom is -0.467 e. The first-order chi connectivity index (χ1) is 8.55. The maximum Gasteiger partial charge on any atom is 0.341 e. The summed E-state index contributed by atoms with van der Waals surface area (Å²) in [5.74, 6) is 0.254. The molecule has 1 spiro atoms. The molecule has 1 aliphatic carbocycles. The van der Waals surface area contributed by atoms with E-state index in [0.717, 1.165) is 18.4 Å². The largest absolute Gasteiger partial charge is 0.467 e. The zero-order chi connectivity index (χ0) is 13.0. The molecule has 0 saturated carbocycles. The quantitative estimate of drug-likeness (QED) is 0.565. The lowest BCUT2D eigenvalue weighted by atomic mass is 9.72. The monoisotopic (exact) mass is 246 g/mol. The summed E-state index contributed by atoms with van der Waals surface area (Å²) >= 11 is 0. The summed E-state index contributed by atoms with van der Waals surface area (Å²) in [6.45, 7) is 4.06. The van der Waals surface area contributed by atoms with Crippen LogP contribution in [0.1, 0.15) is 43.7 Å². The van der Waals surface area contributed by atoms with Gasteiger partial charge in [0.25, 0.3) is 0 Å². The first-order valence-electron chi connectivity index (χ1n) is 6.43.